The van der Waals surface area contributed by atoms with Crippen molar-refractivity contribution in [1.82, 2.24) is 9.71 Å². The molecule has 3 aromatic rings. The molecule has 0 saturated carbocycles. The number of hydrogen-bond acceptors (Lipinski definition) is 4. The Bertz CT molecular complexity index is 990. The van der Waals surface area contributed by atoms with Crippen molar-refractivity contribution in [2.24, 2.45) is 0 Å². The van der Waals surface area contributed by atoms with Crippen LogP contribution in [-0.4, -0.2) is 19.4 Å². The second kappa shape index (κ2) is 6.62. The average molecular weight is 346 g/mol. The van der Waals surface area contributed by atoms with Gasteiger partial charge in [0, 0.05) is 12.1 Å². The maximum absolute atomic E-state index is 12.5. The number of rotatable bonds is 6. The van der Waals surface area contributed by atoms with E-state index in [2.05, 4.69) is 9.71 Å². The molecule has 1 atom stereocenters. The third-order valence-electron chi connectivity index (χ3n) is 3.77. The van der Waals surface area contributed by atoms with Crippen LogP contribution >= 0.6 is 0 Å². The van der Waals surface area contributed by atoms with Crippen LogP contribution in [0.5, 0.6) is 0 Å². The Morgan fingerprint density at radius 3 is 2.67 bits per heavy atom. The van der Waals surface area contributed by atoms with E-state index in [-0.39, 0.29) is 16.5 Å². The zero-order valence-electron chi connectivity index (χ0n) is 13.2. The Morgan fingerprint density at radius 2 is 1.92 bits per heavy atom. The van der Waals surface area contributed by atoms with Crippen molar-refractivity contribution in [1.29, 1.82) is 0 Å². The minimum absolute atomic E-state index is 0.0734. The SMILES string of the molecule is C[C@H](CCc1ccccc1)NS(=O)(=O)c1ccc2[nH]c(=O)oc2c1. The Kier molecular flexibility index (Phi) is 4.55. The normalized spacial score (nSPS) is 13.2. The molecule has 126 valence electrons. The minimum Gasteiger partial charge on any atom is -0.408 e. The summed E-state index contributed by atoms with van der Waals surface area (Å²) >= 11 is 0. The number of benzene rings is 2. The van der Waals surface area contributed by atoms with Crippen molar-refractivity contribution in [2.75, 3.05) is 0 Å². The van der Waals surface area contributed by atoms with Gasteiger partial charge in [-0.1, -0.05) is 30.3 Å². The molecule has 7 heteroatoms. The molecule has 2 aromatic carbocycles. The zero-order chi connectivity index (χ0) is 17.2. The quantitative estimate of drug-likeness (QED) is 0.717. The summed E-state index contributed by atoms with van der Waals surface area (Å²) in [4.78, 5) is 13.7. The number of oxazole rings is 1. The number of sulfonamides is 1. The van der Waals surface area contributed by atoms with E-state index in [9.17, 15) is 13.2 Å². The molecule has 24 heavy (non-hydrogen) atoms. The van der Waals surface area contributed by atoms with Crippen LogP contribution in [0.15, 0.2) is 62.6 Å². The highest BCUT2D eigenvalue weighted by Crippen LogP contribution is 2.17. The molecular formula is C17H18N2O4S. The number of fused-ring (bicyclic) bond motifs is 1. The van der Waals surface area contributed by atoms with E-state index in [0.717, 1.165) is 6.42 Å². The summed E-state index contributed by atoms with van der Waals surface area (Å²) in [5.74, 6) is -0.608. The van der Waals surface area contributed by atoms with Crippen molar-refractivity contribution in [3.05, 3.63) is 64.6 Å². The Labute approximate surface area is 139 Å². The fraction of sp³-hybridized carbons (Fsp3) is 0.235. The van der Waals surface area contributed by atoms with Gasteiger partial charge in [-0.25, -0.2) is 17.9 Å². The first-order chi connectivity index (χ1) is 11.4. The molecule has 0 aliphatic rings. The van der Waals surface area contributed by atoms with E-state index in [0.29, 0.717) is 11.9 Å². The van der Waals surface area contributed by atoms with Crippen molar-refractivity contribution >= 4 is 21.1 Å². The topological polar surface area (TPSA) is 92.2 Å². The molecule has 3 rings (SSSR count). The molecule has 0 aliphatic heterocycles. The maximum atomic E-state index is 12.5. The average Bonchev–Trinajstić information content (AvgIpc) is 2.92. The Hall–Kier alpha value is -2.38. The zero-order valence-corrected chi connectivity index (χ0v) is 14.0. The van der Waals surface area contributed by atoms with Gasteiger partial charge in [-0.2, -0.15) is 0 Å². The van der Waals surface area contributed by atoms with Gasteiger partial charge in [-0.15, -0.1) is 0 Å². The molecular weight excluding hydrogens is 328 g/mol. The first-order valence-corrected chi connectivity index (χ1v) is 9.11. The van der Waals surface area contributed by atoms with Crippen molar-refractivity contribution in [2.45, 2.75) is 30.7 Å². The van der Waals surface area contributed by atoms with Gasteiger partial charge in [-0.05, 0) is 37.5 Å². The van der Waals surface area contributed by atoms with Crippen LogP contribution in [0.2, 0.25) is 0 Å². The molecule has 0 fully saturated rings. The Balaban J connectivity index is 1.70. The summed E-state index contributed by atoms with van der Waals surface area (Å²) in [6.45, 7) is 1.83. The Morgan fingerprint density at radius 1 is 1.17 bits per heavy atom. The number of aromatic amines is 1. The van der Waals surface area contributed by atoms with E-state index < -0.39 is 15.8 Å². The molecule has 0 amide bonds. The third-order valence-corrected chi connectivity index (χ3v) is 5.36. The monoisotopic (exact) mass is 346 g/mol. The maximum Gasteiger partial charge on any atom is 0.417 e. The molecule has 1 aromatic heterocycles. The smallest absolute Gasteiger partial charge is 0.408 e. The summed E-state index contributed by atoms with van der Waals surface area (Å²) in [5.41, 5.74) is 1.86. The lowest BCUT2D eigenvalue weighted by atomic mass is 10.1. The lowest BCUT2D eigenvalue weighted by Gasteiger charge is -2.14. The highest BCUT2D eigenvalue weighted by molar-refractivity contribution is 7.89. The van der Waals surface area contributed by atoms with Gasteiger partial charge in [0.25, 0.3) is 0 Å². The molecule has 0 spiro atoms. The highest BCUT2D eigenvalue weighted by Gasteiger charge is 2.18. The third kappa shape index (κ3) is 3.74. The molecule has 0 aliphatic carbocycles. The highest BCUT2D eigenvalue weighted by atomic mass is 32.2. The van der Waals surface area contributed by atoms with E-state index >= 15 is 0 Å². The predicted molar refractivity (Wildman–Crippen MR) is 91.4 cm³/mol. The largest absolute Gasteiger partial charge is 0.417 e. The number of aryl methyl sites for hydroxylation is 1. The van der Waals surface area contributed by atoms with Crippen LogP contribution in [0, 0.1) is 0 Å². The van der Waals surface area contributed by atoms with E-state index in [4.69, 9.17) is 4.42 Å². The van der Waals surface area contributed by atoms with Crippen molar-refractivity contribution in [3.63, 3.8) is 0 Å². The number of H-pyrrole nitrogens is 1. The fourth-order valence-corrected chi connectivity index (χ4v) is 3.81. The minimum atomic E-state index is -3.67. The number of aromatic nitrogens is 1. The fourth-order valence-electron chi connectivity index (χ4n) is 2.51. The lowest BCUT2D eigenvalue weighted by Crippen LogP contribution is -2.32. The van der Waals surface area contributed by atoms with Crippen LogP contribution in [0.4, 0.5) is 0 Å². The van der Waals surface area contributed by atoms with Crippen LogP contribution in [0.3, 0.4) is 0 Å². The predicted octanol–water partition coefficient (Wildman–Crippen LogP) is 2.42. The van der Waals surface area contributed by atoms with E-state index in [1.54, 1.807) is 0 Å². The molecule has 1 heterocycles. The molecule has 0 saturated heterocycles. The lowest BCUT2D eigenvalue weighted by molar-refractivity contribution is 0.543. The molecule has 0 radical (unpaired) electrons. The first-order valence-electron chi connectivity index (χ1n) is 7.63. The van der Waals surface area contributed by atoms with Crippen LogP contribution < -0.4 is 10.5 Å². The van der Waals surface area contributed by atoms with Gasteiger partial charge in [0.2, 0.25) is 10.0 Å². The summed E-state index contributed by atoms with van der Waals surface area (Å²) in [6.07, 6.45) is 1.47. The molecule has 6 nitrogen and oxygen atoms in total. The van der Waals surface area contributed by atoms with Crippen LogP contribution in [0.25, 0.3) is 11.1 Å². The molecule has 2 N–H and O–H groups in total. The van der Waals surface area contributed by atoms with Gasteiger partial charge in [0.15, 0.2) is 5.58 Å². The van der Waals surface area contributed by atoms with Gasteiger partial charge in [-0.3, -0.25) is 4.98 Å². The van der Waals surface area contributed by atoms with Crippen molar-refractivity contribution in [3.8, 4) is 0 Å². The molecule has 0 bridgehead atoms. The van der Waals surface area contributed by atoms with Crippen molar-refractivity contribution < 1.29 is 12.8 Å². The van der Waals surface area contributed by atoms with E-state index in [1.165, 1.54) is 23.8 Å². The number of hydrogen-bond donors (Lipinski definition) is 2. The summed E-state index contributed by atoms with van der Waals surface area (Å²) in [5, 5.41) is 0. The summed E-state index contributed by atoms with van der Waals surface area (Å²) in [7, 11) is -3.67. The number of nitrogens with one attached hydrogen (secondary N) is 2. The first kappa shape index (κ1) is 16.5. The molecule has 0 unspecified atom stereocenters. The second-order valence-electron chi connectivity index (χ2n) is 5.72. The standard InChI is InChI=1S/C17H18N2O4S/c1-12(7-8-13-5-3-2-4-6-13)19-24(21,22)14-9-10-15-16(11-14)23-17(20)18-15/h2-6,9-12,19H,7-8H2,1H3,(H,18,20)/t12-/m1/s1. The summed E-state index contributed by atoms with van der Waals surface area (Å²) in [6, 6.07) is 14.0. The van der Waals surface area contributed by atoms with Gasteiger partial charge < -0.3 is 4.42 Å². The van der Waals surface area contributed by atoms with Gasteiger partial charge in [0.1, 0.15) is 0 Å². The second-order valence-corrected chi connectivity index (χ2v) is 7.43. The van der Waals surface area contributed by atoms with E-state index in [1.807, 2.05) is 37.3 Å². The van der Waals surface area contributed by atoms with Crippen LogP contribution in [0.1, 0.15) is 18.9 Å². The summed E-state index contributed by atoms with van der Waals surface area (Å²) < 4.78 is 32.5. The van der Waals surface area contributed by atoms with Gasteiger partial charge >= 0.3 is 5.76 Å². The van der Waals surface area contributed by atoms with Gasteiger partial charge in [0.05, 0.1) is 10.4 Å². The van der Waals surface area contributed by atoms with Crippen LogP contribution in [-0.2, 0) is 16.4 Å².